The minimum atomic E-state index is -0.529. The third-order valence-corrected chi connectivity index (χ3v) is 4.24. The van der Waals surface area contributed by atoms with Crippen LogP contribution in [0, 0.1) is 11.8 Å². The first-order chi connectivity index (χ1) is 11.9. The quantitative estimate of drug-likeness (QED) is 0.649. The number of nitrogens with zero attached hydrogens (tertiary/aromatic N) is 1. The lowest BCUT2D eigenvalue weighted by molar-refractivity contribution is 0.00578. The molecule has 0 bridgehead atoms. The van der Waals surface area contributed by atoms with Crippen LogP contribution in [-0.2, 0) is 14.0 Å². The van der Waals surface area contributed by atoms with E-state index < -0.39 is 30.0 Å². The zero-order valence-electron chi connectivity index (χ0n) is 16.6. The third-order valence-electron chi connectivity index (χ3n) is 4.24. The number of aromatic nitrogens is 1. The number of hydrogen-bond donors (Lipinski definition) is 1. The summed E-state index contributed by atoms with van der Waals surface area (Å²) in [7, 11) is -0.478. The van der Waals surface area contributed by atoms with Crippen molar-refractivity contribution >= 4 is 18.7 Å². The van der Waals surface area contributed by atoms with Gasteiger partial charge < -0.3 is 19.4 Å². The first-order valence-electron chi connectivity index (χ1n) is 8.66. The Morgan fingerprint density at radius 3 is 2.42 bits per heavy atom. The van der Waals surface area contributed by atoms with Crippen LogP contribution in [0.2, 0.25) is 0 Å². The molecule has 140 valence electrons. The molecule has 26 heavy (non-hydrogen) atoms. The van der Waals surface area contributed by atoms with Crippen LogP contribution in [0.15, 0.2) is 18.5 Å². The normalized spacial score (nSPS) is 18.0. The zero-order chi connectivity index (χ0) is 19.6. The first kappa shape index (κ1) is 20.3. The van der Waals surface area contributed by atoms with Crippen LogP contribution in [0.1, 0.15) is 54.0 Å². The first-order valence-corrected chi connectivity index (χ1v) is 8.66. The molecule has 7 heteroatoms. The van der Waals surface area contributed by atoms with E-state index in [9.17, 15) is 4.79 Å². The molecule has 0 aromatic carbocycles. The lowest BCUT2D eigenvalue weighted by atomic mass is 9.80. The molecule has 1 aromatic rings. The fourth-order valence-corrected chi connectivity index (χ4v) is 2.21. The van der Waals surface area contributed by atoms with E-state index in [1.807, 2.05) is 54.5 Å². The van der Waals surface area contributed by atoms with Gasteiger partial charge >= 0.3 is 13.2 Å². The third kappa shape index (κ3) is 5.23. The number of nitrogens with one attached hydrogen (secondary N) is 1. The number of alkyl carbamates (subject to hydrolysis) is 1. The maximum absolute atomic E-state index is 11.6. The van der Waals surface area contributed by atoms with Gasteiger partial charge in [-0.15, -0.1) is 0 Å². The van der Waals surface area contributed by atoms with Gasteiger partial charge in [-0.25, -0.2) is 4.79 Å². The van der Waals surface area contributed by atoms with E-state index in [0.717, 1.165) is 11.0 Å². The smallest absolute Gasteiger partial charge is 0.444 e. The Morgan fingerprint density at radius 1 is 1.23 bits per heavy atom. The molecule has 1 aliphatic rings. The van der Waals surface area contributed by atoms with Crippen LogP contribution in [0.5, 0.6) is 0 Å². The lowest BCUT2D eigenvalue weighted by Gasteiger charge is -2.32. The molecule has 2 rings (SSSR count). The van der Waals surface area contributed by atoms with Crippen molar-refractivity contribution in [2.24, 2.45) is 0 Å². The number of ether oxygens (including phenoxy) is 1. The number of carbonyl (C=O) groups is 1. The SMILES string of the molecule is CC(C)(C)OC(=O)NCC#Cc1cncc(B2OC(C)(C)C(C)(C)O2)c1. The predicted molar refractivity (Wildman–Crippen MR) is 101 cm³/mol. The van der Waals surface area contributed by atoms with E-state index in [4.69, 9.17) is 14.0 Å². The highest BCUT2D eigenvalue weighted by Crippen LogP contribution is 2.36. The molecule has 1 fully saturated rings. The van der Waals surface area contributed by atoms with Gasteiger partial charge in [0, 0.05) is 23.4 Å². The van der Waals surface area contributed by atoms with Crippen molar-refractivity contribution in [2.45, 2.75) is 65.3 Å². The van der Waals surface area contributed by atoms with Crippen molar-refractivity contribution in [3.05, 3.63) is 24.0 Å². The van der Waals surface area contributed by atoms with Crippen molar-refractivity contribution in [1.29, 1.82) is 0 Å². The van der Waals surface area contributed by atoms with Gasteiger partial charge in [-0.2, -0.15) is 0 Å². The lowest BCUT2D eigenvalue weighted by Crippen LogP contribution is -2.41. The summed E-state index contributed by atoms with van der Waals surface area (Å²) in [4.78, 5) is 15.8. The molecule has 0 unspecified atom stereocenters. The van der Waals surface area contributed by atoms with Gasteiger partial charge in [0.25, 0.3) is 0 Å². The molecule has 0 atom stereocenters. The Balaban J connectivity index is 1.98. The predicted octanol–water partition coefficient (Wildman–Crippen LogP) is 2.26. The molecule has 0 radical (unpaired) electrons. The maximum Gasteiger partial charge on any atom is 0.496 e. The van der Waals surface area contributed by atoms with Crippen LogP contribution in [0.3, 0.4) is 0 Å². The number of amides is 1. The molecule has 1 amide bonds. The summed E-state index contributed by atoms with van der Waals surface area (Å²) < 4.78 is 17.2. The summed E-state index contributed by atoms with van der Waals surface area (Å²) in [5, 5.41) is 2.60. The van der Waals surface area contributed by atoms with Gasteiger partial charge in [-0.1, -0.05) is 11.8 Å². The minimum Gasteiger partial charge on any atom is -0.444 e. The van der Waals surface area contributed by atoms with E-state index in [-0.39, 0.29) is 6.54 Å². The average Bonchev–Trinajstić information content (AvgIpc) is 2.71. The van der Waals surface area contributed by atoms with E-state index in [1.54, 1.807) is 12.4 Å². The minimum absolute atomic E-state index is 0.190. The second kappa shape index (κ2) is 7.30. The van der Waals surface area contributed by atoms with Crippen LogP contribution in [-0.4, -0.2) is 41.5 Å². The van der Waals surface area contributed by atoms with Crippen LogP contribution < -0.4 is 10.8 Å². The highest BCUT2D eigenvalue weighted by Gasteiger charge is 2.51. The Morgan fingerprint density at radius 2 is 1.85 bits per heavy atom. The van der Waals surface area contributed by atoms with Crippen LogP contribution >= 0.6 is 0 Å². The van der Waals surface area contributed by atoms with E-state index >= 15 is 0 Å². The van der Waals surface area contributed by atoms with Gasteiger partial charge in [0.15, 0.2) is 0 Å². The molecule has 1 N–H and O–H groups in total. The van der Waals surface area contributed by atoms with E-state index in [2.05, 4.69) is 22.1 Å². The fourth-order valence-electron chi connectivity index (χ4n) is 2.21. The topological polar surface area (TPSA) is 69.7 Å². The zero-order valence-corrected chi connectivity index (χ0v) is 16.6. The Hall–Kier alpha value is -2.04. The van der Waals surface area contributed by atoms with Crippen molar-refractivity contribution in [1.82, 2.24) is 10.3 Å². The van der Waals surface area contributed by atoms with Crippen LogP contribution in [0.25, 0.3) is 0 Å². The second-order valence-electron chi connectivity index (χ2n) is 8.25. The highest BCUT2D eigenvalue weighted by atomic mass is 16.7. The van der Waals surface area contributed by atoms with Crippen LogP contribution in [0.4, 0.5) is 4.79 Å². The second-order valence-corrected chi connectivity index (χ2v) is 8.25. The van der Waals surface area contributed by atoms with Gasteiger partial charge in [-0.05, 0) is 54.5 Å². The van der Waals surface area contributed by atoms with E-state index in [1.165, 1.54) is 0 Å². The molecule has 1 saturated heterocycles. The van der Waals surface area contributed by atoms with Crippen molar-refractivity contribution in [3.63, 3.8) is 0 Å². The van der Waals surface area contributed by atoms with Crippen molar-refractivity contribution < 1.29 is 18.8 Å². The molecular weight excluding hydrogens is 331 g/mol. The summed E-state index contributed by atoms with van der Waals surface area (Å²) in [5.74, 6) is 5.86. The van der Waals surface area contributed by atoms with Crippen molar-refractivity contribution in [2.75, 3.05) is 6.54 Å². The molecule has 0 saturated carbocycles. The monoisotopic (exact) mass is 358 g/mol. The summed E-state index contributed by atoms with van der Waals surface area (Å²) in [5.41, 5.74) is 0.199. The van der Waals surface area contributed by atoms with Crippen molar-refractivity contribution in [3.8, 4) is 11.8 Å². The Labute approximate surface area is 156 Å². The molecule has 1 aromatic heterocycles. The molecule has 2 heterocycles. The molecular formula is C19H27BN2O4. The highest BCUT2D eigenvalue weighted by molar-refractivity contribution is 6.62. The number of carbonyl (C=O) groups excluding carboxylic acids is 1. The molecule has 1 aliphatic heterocycles. The number of hydrogen-bond acceptors (Lipinski definition) is 5. The standard InChI is InChI=1S/C19H27BN2O4/c1-17(2,3)24-16(23)22-10-8-9-14-11-15(13-21-12-14)20-25-18(4,5)19(6,7)26-20/h11-13H,10H2,1-7H3,(H,22,23). The van der Waals surface area contributed by atoms with Gasteiger partial charge in [-0.3, -0.25) is 4.98 Å². The largest absolute Gasteiger partial charge is 0.496 e. The van der Waals surface area contributed by atoms with Gasteiger partial charge in [0.1, 0.15) is 5.60 Å². The van der Waals surface area contributed by atoms with Gasteiger partial charge in [0.05, 0.1) is 17.7 Å². The number of rotatable bonds is 2. The summed E-state index contributed by atoms with van der Waals surface area (Å²) in [6, 6.07) is 1.88. The van der Waals surface area contributed by atoms with Gasteiger partial charge in [0.2, 0.25) is 0 Å². The molecule has 6 nitrogen and oxygen atoms in total. The average molecular weight is 358 g/mol. The summed E-state index contributed by atoms with van der Waals surface area (Å²) in [6.07, 6.45) is 2.89. The number of pyridine rings is 1. The summed E-state index contributed by atoms with van der Waals surface area (Å²) >= 11 is 0. The maximum atomic E-state index is 11.6. The molecule has 0 aliphatic carbocycles. The molecule has 0 spiro atoms. The Bertz CT molecular complexity index is 713. The van der Waals surface area contributed by atoms with E-state index in [0.29, 0.717) is 0 Å². The fraction of sp³-hybridized carbons (Fsp3) is 0.579. The summed E-state index contributed by atoms with van der Waals surface area (Å²) in [6.45, 7) is 13.6. The Kier molecular flexibility index (Phi) is 5.69.